The molecule has 0 bridgehead atoms. The van der Waals surface area contributed by atoms with Crippen molar-refractivity contribution in [2.75, 3.05) is 5.32 Å². The predicted molar refractivity (Wildman–Crippen MR) is 93.7 cm³/mol. The molecule has 0 aliphatic carbocycles. The van der Waals surface area contributed by atoms with E-state index in [1.807, 2.05) is 30.3 Å². The number of anilines is 1. The third-order valence-electron chi connectivity index (χ3n) is 3.18. The molecule has 0 saturated carbocycles. The van der Waals surface area contributed by atoms with Gasteiger partial charge in [0, 0.05) is 21.4 Å². The van der Waals surface area contributed by atoms with Gasteiger partial charge in [-0.2, -0.15) is 0 Å². The first-order chi connectivity index (χ1) is 11.6. The molecule has 0 fully saturated rings. The summed E-state index contributed by atoms with van der Waals surface area (Å²) < 4.78 is 1.80. The second kappa shape index (κ2) is 7.33. The topological polar surface area (TPSA) is 71.8 Å². The number of aromatic nitrogens is 3. The van der Waals surface area contributed by atoms with Gasteiger partial charge in [-0.15, -0.1) is 10.2 Å². The first-order valence-electron chi connectivity index (χ1n) is 7.07. The number of urea groups is 1. The number of amides is 2. The van der Waals surface area contributed by atoms with Gasteiger partial charge < -0.3 is 10.6 Å². The molecule has 122 valence electrons. The maximum atomic E-state index is 12.0. The summed E-state index contributed by atoms with van der Waals surface area (Å²) in [6.07, 6.45) is 1.60. The van der Waals surface area contributed by atoms with Crippen LogP contribution >= 0.6 is 23.2 Å². The van der Waals surface area contributed by atoms with Crippen molar-refractivity contribution in [2.24, 2.45) is 0 Å². The minimum absolute atomic E-state index is 0.217. The van der Waals surface area contributed by atoms with Crippen LogP contribution in [0.25, 0.3) is 5.69 Å². The summed E-state index contributed by atoms with van der Waals surface area (Å²) in [4.78, 5) is 12.0. The molecule has 24 heavy (non-hydrogen) atoms. The van der Waals surface area contributed by atoms with Crippen LogP contribution in [-0.2, 0) is 6.54 Å². The van der Waals surface area contributed by atoms with Crippen LogP contribution in [0.2, 0.25) is 10.0 Å². The molecule has 0 aliphatic heterocycles. The number of nitrogens with one attached hydrogen (secondary N) is 2. The lowest BCUT2D eigenvalue weighted by atomic mass is 10.3. The summed E-state index contributed by atoms with van der Waals surface area (Å²) in [5.41, 5.74) is 1.43. The SMILES string of the molecule is O=C(NCc1nncn1-c1ccccc1)Nc1cc(Cl)cc(Cl)c1. The fourth-order valence-electron chi connectivity index (χ4n) is 2.14. The predicted octanol–water partition coefficient (Wildman–Crippen LogP) is 3.90. The minimum Gasteiger partial charge on any atom is -0.331 e. The van der Waals surface area contributed by atoms with Crippen molar-refractivity contribution < 1.29 is 4.79 Å². The lowest BCUT2D eigenvalue weighted by Gasteiger charge is -2.09. The van der Waals surface area contributed by atoms with Gasteiger partial charge in [0.1, 0.15) is 6.33 Å². The lowest BCUT2D eigenvalue weighted by Crippen LogP contribution is -2.29. The first kappa shape index (κ1) is 16.3. The Balaban J connectivity index is 1.64. The van der Waals surface area contributed by atoms with Crippen LogP contribution in [0.3, 0.4) is 0 Å². The van der Waals surface area contributed by atoms with E-state index in [0.29, 0.717) is 21.6 Å². The molecule has 0 spiro atoms. The summed E-state index contributed by atoms with van der Waals surface area (Å²) >= 11 is 11.8. The number of nitrogens with zero attached hydrogens (tertiary/aromatic N) is 3. The summed E-state index contributed by atoms with van der Waals surface area (Å²) in [7, 11) is 0. The van der Waals surface area contributed by atoms with E-state index in [2.05, 4.69) is 20.8 Å². The van der Waals surface area contributed by atoms with E-state index >= 15 is 0 Å². The van der Waals surface area contributed by atoms with Crippen LogP contribution in [0.15, 0.2) is 54.9 Å². The van der Waals surface area contributed by atoms with Crippen molar-refractivity contribution in [2.45, 2.75) is 6.54 Å². The molecular formula is C16H13Cl2N5O. The van der Waals surface area contributed by atoms with Crippen LogP contribution in [-0.4, -0.2) is 20.8 Å². The average Bonchev–Trinajstić information content (AvgIpc) is 3.01. The normalized spacial score (nSPS) is 10.4. The first-order valence-corrected chi connectivity index (χ1v) is 7.83. The van der Waals surface area contributed by atoms with Gasteiger partial charge in [0.15, 0.2) is 5.82 Å². The maximum Gasteiger partial charge on any atom is 0.319 e. The second-order valence-corrected chi connectivity index (χ2v) is 5.79. The number of carbonyl (C=O) groups excluding carboxylic acids is 1. The molecular weight excluding hydrogens is 349 g/mol. The Morgan fingerprint density at radius 1 is 1.08 bits per heavy atom. The van der Waals surface area contributed by atoms with Crippen molar-refractivity contribution >= 4 is 34.9 Å². The maximum absolute atomic E-state index is 12.0. The fourth-order valence-corrected chi connectivity index (χ4v) is 2.67. The zero-order valence-corrected chi connectivity index (χ0v) is 13.9. The fraction of sp³-hybridized carbons (Fsp3) is 0.0625. The van der Waals surface area contributed by atoms with Gasteiger partial charge in [-0.05, 0) is 30.3 Å². The van der Waals surface area contributed by atoms with Crippen LogP contribution in [0.1, 0.15) is 5.82 Å². The molecule has 1 aromatic heterocycles. The number of hydrogen-bond acceptors (Lipinski definition) is 3. The molecule has 0 saturated heterocycles. The van der Waals surface area contributed by atoms with Crippen molar-refractivity contribution in [3.05, 3.63) is 70.7 Å². The van der Waals surface area contributed by atoms with E-state index in [9.17, 15) is 4.79 Å². The zero-order chi connectivity index (χ0) is 16.9. The molecule has 8 heteroatoms. The molecule has 2 amide bonds. The van der Waals surface area contributed by atoms with Crippen LogP contribution in [0, 0.1) is 0 Å². The van der Waals surface area contributed by atoms with Gasteiger partial charge >= 0.3 is 6.03 Å². The monoisotopic (exact) mass is 361 g/mol. The van der Waals surface area contributed by atoms with Gasteiger partial charge in [-0.3, -0.25) is 4.57 Å². The molecule has 0 atom stereocenters. The van der Waals surface area contributed by atoms with Gasteiger partial charge in [-0.1, -0.05) is 41.4 Å². The smallest absolute Gasteiger partial charge is 0.319 e. The number of rotatable bonds is 4. The van der Waals surface area contributed by atoms with Crippen LogP contribution in [0.5, 0.6) is 0 Å². The number of halogens is 2. The number of para-hydroxylation sites is 1. The van der Waals surface area contributed by atoms with E-state index < -0.39 is 6.03 Å². The van der Waals surface area contributed by atoms with Gasteiger partial charge in [0.25, 0.3) is 0 Å². The van der Waals surface area contributed by atoms with Crippen molar-refractivity contribution in [3.8, 4) is 5.69 Å². The number of hydrogen-bond donors (Lipinski definition) is 2. The highest BCUT2D eigenvalue weighted by atomic mass is 35.5. The largest absolute Gasteiger partial charge is 0.331 e. The molecule has 0 unspecified atom stereocenters. The Hall–Kier alpha value is -2.57. The van der Waals surface area contributed by atoms with Gasteiger partial charge in [0.05, 0.1) is 6.54 Å². The van der Waals surface area contributed by atoms with E-state index in [1.54, 1.807) is 29.1 Å². The highest BCUT2D eigenvalue weighted by Crippen LogP contribution is 2.22. The standard InChI is InChI=1S/C16H13Cl2N5O/c17-11-6-12(18)8-13(7-11)21-16(24)19-9-15-22-20-10-23(15)14-4-2-1-3-5-14/h1-8,10H,9H2,(H2,19,21,24). The van der Waals surface area contributed by atoms with E-state index in [4.69, 9.17) is 23.2 Å². The summed E-state index contributed by atoms with van der Waals surface area (Å²) in [5, 5.41) is 14.2. The summed E-state index contributed by atoms with van der Waals surface area (Å²) in [6, 6.07) is 14.0. The Morgan fingerprint density at radius 3 is 2.50 bits per heavy atom. The van der Waals surface area contributed by atoms with E-state index in [-0.39, 0.29) is 6.54 Å². The molecule has 1 heterocycles. The van der Waals surface area contributed by atoms with Crippen molar-refractivity contribution in [1.82, 2.24) is 20.1 Å². The quantitative estimate of drug-likeness (QED) is 0.740. The van der Waals surface area contributed by atoms with E-state index in [0.717, 1.165) is 5.69 Å². The molecule has 2 N–H and O–H groups in total. The second-order valence-electron chi connectivity index (χ2n) is 4.92. The molecule has 0 aliphatic rings. The Kier molecular flexibility index (Phi) is 4.98. The Morgan fingerprint density at radius 2 is 1.79 bits per heavy atom. The van der Waals surface area contributed by atoms with Gasteiger partial charge in [-0.25, -0.2) is 4.79 Å². The third kappa shape index (κ3) is 4.04. The lowest BCUT2D eigenvalue weighted by molar-refractivity contribution is 0.251. The zero-order valence-electron chi connectivity index (χ0n) is 12.4. The highest BCUT2D eigenvalue weighted by molar-refractivity contribution is 6.35. The van der Waals surface area contributed by atoms with Crippen molar-refractivity contribution in [1.29, 1.82) is 0 Å². The number of carbonyl (C=O) groups is 1. The highest BCUT2D eigenvalue weighted by Gasteiger charge is 2.09. The minimum atomic E-state index is -0.393. The average molecular weight is 362 g/mol. The van der Waals surface area contributed by atoms with Gasteiger partial charge in [0.2, 0.25) is 0 Å². The molecule has 3 rings (SSSR count). The van der Waals surface area contributed by atoms with Crippen LogP contribution in [0.4, 0.5) is 10.5 Å². The molecule has 3 aromatic rings. The summed E-state index contributed by atoms with van der Waals surface area (Å²) in [6.45, 7) is 0.217. The summed E-state index contributed by atoms with van der Waals surface area (Å²) in [5.74, 6) is 0.612. The molecule has 2 aromatic carbocycles. The molecule has 6 nitrogen and oxygen atoms in total. The van der Waals surface area contributed by atoms with Crippen LogP contribution < -0.4 is 10.6 Å². The third-order valence-corrected chi connectivity index (χ3v) is 3.62. The number of benzene rings is 2. The Bertz CT molecular complexity index is 830. The Labute approximate surface area is 148 Å². The van der Waals surface area contributed by atoms with E-state index in [1.165, 1.54) is 0 Å². The van der Waals surface area contributed by atoms with Crippen molar-refractivity contribution in [3.63, 3.8) is 0 Å². The molecule has 0 radical (unpaired) electrons.